The Labute approximate surface area is 77.8 Å². The smallest absolute Gasteiger partial charge is 0.310 e. The predicted octanol–water partition coefficient (Wildman–Crippen LogP) is 0.418. The number of piperidine rings is 1. The maximum absolute atomic E-state index is 11.3. The van der Waals surface area contributed by atoms with Gasteiger partial charge in [0.2, 0.25) is 6.41 Å². The number of amides is 1. The van der Waals surface area contributed by atoms with Crippen molar-refractivity contribution in [1.29, 1.82) is 0 Å². The maximum Gasteiger partial charge on any atom is 0.310 e. The second-order valence-corrected chi connectivity index (χ2v) is 3.19. The predicted molar refractivity (Wildman–Crippen MR) is 47.0 cm³/mol. The summed E-state index contributed by atoms with van der Waals surface area (Å²) in [5.41, 5.74) is 0. The van der Waals surface area contributed by atoms with E-state index in [1.54, 1.807) is 11.8 Å². The van der Waals surface area contributed by atoms with Crippen LogP contribution in [0.5, 0.6) is 0 Å². The van der Waals surface area contributed by atoms with Crippen molar-refractivity contribution in [1.82, 2.24) is 4.90 Å². The standard InChI is InChI=1S/C9H15NO3/c1-2-13-9(12)8-4-3-5-10(6-8)7-11/h7-8H,2-6H2,1H3/t8-/m1/s1. The molecule has 0 aromatic heterocycles. The van der Waals surface area contributed by atoms with Crippen molar-refractivity contribution >= 4 is 12.4 Å². The number of carbonyl (C=O) groups excluding carboxylic acids is 2. The minimum absolute atomic E-state index is 0.112. The molecule has 74 valence electrons. The van der Waals surface area contributed by atoms with Gasteiger partial charge in [-0.1, -0.05) is 0 Å². The zero-order chi connectivity index (χ0) is 9.68. The van der Waals surface area contributed by atoms with E-state index in [1.165, 1.54) is 0 Å². The number of ether oxygens (including phenoxy) is 1. The average molecular weight is 185 g/mol. The molecule has 1 amide bonds. The van der Waals surface area contributed by atoms with Gasteiger partial charge in [-0.25, -0.2) is 0 Å². The zero-order valence-corrected chi connectivity index (χ0v) is 7.86. The molecule has 4 heteroatoms. The van der Waals surface area contributed by atoms with Crippen LogP contribution in [-0.4, -0.2) is 37.0 Å². The molecule has 1 aliphatic heterocycles. The Morgan fingerprint density at radius 1 is 1.69 bits per heavy atom. The van der Waals surface area contributed by atoms with E-state index in [0.29, 0.717) is 13.2 Å². The Balaban J connectivity index is 2.41. The van der Waals surface area contributed by atoms with Crippen molar-refractivity contribution in [3.63, 3.8) is 0 Å². The first-order chi connectivity index (χ1) is 6.27. The molecule has 0 spiro atoms. The van der Waals surface area contributed by atoms with Gasteiger partial charge in [-0.2, -0.15) is 0 Å². The summed E-state index contributed by atoms with van der Waals surface area (Å²) < 4.78 is 4.89. The SMILES string of the molecule is CCOC(=O)[C@@H]1CCCN(C=O)C1. The van der Waals surface area contributed by atoms with Crippen molar-refractivity contribution in [2.45, 2.75) is 19.8 Å². The van der Waals surface area contributed by atoms with Crippen LogP contribution in [0.4, 0.5) is 0 Å². The van der Waals surface area contributed by atoms with E-state index in [9.17, 15) is 9.59 Å². The minimum atomic E-state index is -0.172. The molecule has 0 aromatic rings. The highest BCUT2D eigenvalue weighted by Gasteiger charge is 2.25. The third kappa shape index (κ3) is 2.72. The molecule has 0 aromatic carbocycles. The van der Waals surface area contributed by atoms with Crippen LogP contribution < -0.4 is 0 Å². The Morgan fingerprint density at radius 2 is 2.46 bits per heavy atom. The maximum atomic E-state index is 11.3. The molecule has 0 unspecified atom stereocenters. The highest BCUT2D eigenvalue weighted by atomic mass is 16.5. The van der Waals surface area contributed by atoms with Crippen molar-refractivity contribution in [2.75, 3.05) is 19.7 Å². The Morgan fingerprint density at radius 3 is 3.08 bits per heavy atom. The van der Waals surface area contributed by atoms with E-state index in [-0.39, 0.29) is 11.9 Å². The summed E-state index contributed by atoms with van der Waals surface area (Å²) in [6.45, 7) is 3.48. The molecule has 0 saturated carbocycles. The molecule has 0 N–H and O–H groups in total. The Bertz CT molecular complexity index is 193. The number of nitrogens with zero attached hydrogens (tertiary/aromatic N) is 1. The van der Waals surface area contributed by atoms with Crippen LogP contribution >= 0.6 is 0 Å². The van der Waals surface area contributed by atoms with Gasteiger partial charge >= 0.3 is 5.97 Å². The van der Waals surface area contributed by atoms with Crippen LogP contribution in [0.3, 0.4) is 0 Å². The largest absolute Gasteiger partial charge is 0.466 e. The molecule has 1 heterocycles. The van der Waals surface area contributed by atoms with Gasteiger partial charge in [-0.3, -0.25) is 9.59 Å². The molecular formula is C9H15NO3. The van der Waals surface area contributed by atoms with Gasteiger partial charge in [0, 0.05) is 13.1 Å². The molecular weight excluding hydrogens is 170 g/mol. The summed E-state index contributed by atoms with van der Waals surface area (Å²) in [5, 5.41) is 0. The van der Waals surface area contributed by atoms with Gasteiger partial charge in [0.1, 0.15) is 0 Å². The molecule has 1 saturated heterocycles. The normalized spacial score (nSPS) is 22.5. The van der Waals surface area contributed by atoms with E-state index in [4.69, 9.17) is 4.74 Å². The first kappa shape index (κ1) is 10.0. The van der Waals surface area contributed by atoms with Crippen molar-refractivity contribution in [2.24, 2.45) is 5.92 Å². The van der Waals surface area contributed by atoms with E-state index in [1.807, 2.05) is 0 Å². The third-order valence-corrected chi connectivity index (χ3v) is 2.22. The topological polar surface area (TPSA) is 46.6 Å². The highest BCUT2D eigenvalue weighted by Crippen LogP contribution is 2.16. The molecule has 1 aliphatic rings. The summed E-state index contributed by atoms with van der Waals surface area (Å²) >= 11 is 0. The van der Waals surface area contributed by atoms with Gasteiger partial charge in [0.25, 0.3) is 0 Å². The summed E-state index contributed by atoms with van der Waals surface area (Å²) in [5.74, 6) is -0.284. The van der Waals surface area contributed by atoms with Crippen LogP contribution in [0.2, 0.25) is 0 Å². The lowest BCUT2D eigenvalue weighted by Crippen LogP contribution is -2.38. The lowest BCUT2D eigenvalue weighted by Gasteiger charge is -2.28. The van der Waals surface area contributed by atoms with Crippen molar-refractivity contribution in [3.05, 3.63) is 0 Å². The number of carbonyl (C=O) groups is 2. The molecule has 1 rings (SSSR count). The number of hydrogen-bond acceptors (Lipinski definition) is 3. The van der Waals surface area contributed by atoms with Crippen molar-refractivity contribution in [3.8, 4) is 0 Å². The Hall–Kier alpha value is -1.06. The quantitative estimate of drug-likeness (QED) is 0.473. The highest BCUT2D eigenvalue weighted by molar-refractivity contribution is 5.73. The van der Waals surface area contributed by atoms with Crippen LogP contribution in [0.15, 0.2) is 0 Å². The van der Waals surface area contributed by atoms with Crippen LogP contribution in [0.25, 0.3) is 0 Å². The number of esters is 1. The van der Waals surface area contributed by atoms with Gasteiger partial charge in [-0.05, 0) is 19.8 Å². The van der Waals surface area contributed by atoms with E-state index in [0.717, 1.165) is 25.8 Å². The summed E-state index contributed by atoms with van der Waals surface area (Å²) in [7, 11) is 0. The third-order valence-electron chi connectivity index (χ3n) is 2.22. The molecule has 0 radical (unpaired) electrons. The lowest BCUT2D eigenvalue weighted by atomic mass is 9.99. The average Bonchev–Trinajstić information content (AvgIpc) is 2.18. The second-order valence-electron chi connectivity index (χ2n) is 3.19. The molecule has 1 atom stereocenters. The van der Waals surface area contributed by atoms with Crippen molar-refractivity contribution < 1.29 is 14.3 Å². The van der Waals surface area contributed by atoms with Gasteiger partial charge in [-0.15, -0.1) is 0 Å². The van der Waals surface area contributed by atoms with Gasteiger partial charge in [0.15, 0.2) is 0 Å². The van der Waals surface area contributed by atoms with Crippen LogP contribution in [0, 0.1) is 5.92 Å². The van der Waals surface area contributed by atoms with Gasteiger partial charge < -0.3 is 9.64 Å². The fourth-order valence-electron chi connectivity index (χ4n) is 1.55. The summed E-state index contributed by atoms with van der Waals surface area (Å²) in [4.78, 5) is 23.4. The van der Waals surface area contributed by atoms with Crippen LogP contribution in [0.1, 0.15) is 19.8 Å². The van der Waals surface area contributed by atoms with Crippen LogP contribution in [-0.2, 0) is 14.3 Å². The monoisotopic (exact) mass is 185 g/mol. The summed E-state index contributed by atoms with van der Waals surface area (Å²) in [6.07, 6.45) is 2.52. The first-order valence-electron chi connectivity index (χ1n) is 4.64. The summed E-state index contributed by atoms with van der Waals surface area (Å²) in [6, 6.07) is 0. The van der Waals surface area contributed by atoms with E-state index >= 15 is 0 Å². The first-order valence-corrected chi connectivity index (χ1v) is 4.64. The number of likely N-dealkylation sites (tertiary alicyclic amines) is 1. The fraction of sp³-hybridized carbons (Fsp3) is 0.778. The molecule has 4 nitrogen and oxygen atoms in total. The minimum Gasteiger partial charge on any atom is -0.466 e. The Kier molecular flexibility index (Phi) is 3.73. The van der Waals surface area contributed by atoms with Gasteiger partial charge in [0.05, 0.1) is 12.5 Å². The van der Waals surface area contributed by atoms with E-state index < -0.39 is 0 Å². The molecule has 13 heavy (non-hydrogen) atoms. The zero-order valence-electron chi connectivity index (χ0n) is 7.86. The fourth-order valence-corrected chi connectivity index (χ4v) is 1.55. The lowest BCUT2D eigenvalue weighted by molar-refractivity contribution is -0.150. The molecule has 1 fully saturated rings. The second kappa shape index (κ2) is 4.84. The van der Waals surface area contributed by atoms with E-state index in [2.05, 4.69) is 0 Å². The molecule has 0 bridgehead atoms. The number of rotatable bonds is 3. The molecule has 0 aliphatic carbocycles. The number of hydrogen-bond donors (Lipinski definition) is 0.